The van der Waals surface area contributed by atoms with Crippen molar-refractivity contribution in [3.8, 4) is 5.75 Å². The van der Waals surface area contributed by atoms with Crippen molar-refractivity contribution in [2.24, 2.45) is 0 Å². The Labute approximate surface area is 107 Å². The van der Waals surface area contributed by atoms with Gasteiger partial charge in [-0.25, -0.2) is 0 Å². The number of hydrogen-bond acceptors (Lipinski definition) is 2. The Balaban J connectivity index is 2.04. The fourth-order valence-corrected chi connectivity index (χ4v) is 1.91. The van der Waals surface area contributed by atoms with Crippen LogP contribution in [0, 0.1) is 0 Å². The van der Waals surface area contributed by atoms with Crippen molar-refractivity contribution in [3.63, 3.8) is 0 Å². The van der Waals surface area contributed by atoms with Crippen molar-refractivity contribution < 1.29 is 9.53 Å². The van der Waals surface area contributed by atoms with E-state index >= 15 is 0 Å². The van der Waals surface area contributed by atoms with E-state index in [1.807, 2.05) is 54.6 Å². The number of hydrogen-bond donors (Lipinski definition) is 0. The van der Waals surface area contributed by atoms with E-state index in [0.29, 0.717) is 17.7 Å². The lowest BCUT2D eigenvalue weighted by molar-refractivity contribution is 0.0980. The standard InChI is InChI=1S/C16H16O2/c1-18-16-10-6-5-9-14(16)15(17)12-11-13-7-3-2-4-8-13/h2-10H,11-12H2,1H3. The molecule has 0 saturated heterocycles. The largest absolute Gasteiger partial charge is 0.496 e. The van der Waals surface area contributed by atoms with Gasteiger partial charge < -0.3 is 4.74 Å². The van der Waals surface area contributed by atoms with Crippen LogP contribution in [0.5, 0.6) is 5.75 Å². The predicted molar refractivity (Wildman–Crippen MR) is 72.1 cm³/mol. The maximum atomic E-state index is 12.1. The van der Waals surface area contributed by atoms with E-state index in [1.165, 1.54) is 5.56 Å². The third-order valence-corrected chi connectivity index (χ3v) is 2.89. The van der Waals surface area contributed by atoms with Gasteiger partial charge in [0.25, 0.3) is 0 Å². The Morgan fingerprint density at radius 1 is 1.00 bits per heavy atom. The van der Waals surface area contributed by atoms with E-state index < -0.39 is 0 Å². The lowest BCUT2D eigenvalue weighted by atomic mass is 10.0. The fourth-order valence-electron chi connectivity index (χ4n) is 1.91. The molecule has 0 bridgehead atoms. The number of ketones is 1. The number of aryl methyl sites for hydroxylation is 1. The van der Waals surface area contributed by atoms with Crippen LogP contribution in [0.4, 0.5) is 0 Å². The summed E-state index contributed by atoms with van der Waals surface area (Å²) in [5.74, 6) is 0.770. The summed E-state index contributed by atoms with van der Waals surface area (Å²) in [4.78, 5) is 12.1. The normalized spacial score (nSPS) is 10.1. The Kier molecular flexibility index (Phi) is 4.13. The lowest BCUT2D eigenvalue weighted by Crippen LogP contribution is -2.03. The highest BCUT2D eigenvalue weighted by atomic mass is 16.5. The number of methoxy groups -OCH3 is 1. The summed E-state index contributed by atoms with van der Waals surface area (Å²) in [7, 11) is 1.59. The highest BCUT2D eigenvalue weighted by Crippen LogP contribution is 2.19. The molecule has 2 rings (SSSR count). The summed E-state index contributed by atoms with van der Waals surface area (Å²) >= 11 is 0. The first-order chi connectivity index (χ1) is 8.81. The molecule has 0 amide bonds. The molecule has 2 aromatic carbocycles. The average molecular weight is 240 g/mol. The Morgan fingerprint density at radius 3 is 2.39 bits per heavy atom. The quantitative estimate of drug-likeness (QED) is 0.747. The number of carbonyl (C=O) groups excluding carboxylic acids is 1. The van der Waals surface area contributed by atoms with Crippen LogP contribution in [0.3, 0.4) is 0 Å². The molecule has 2 aromatic rings. The van der Waals surface area contributed by atoms with Crippen LogP contribution < -0.4 is 4.74 Å². The monoisotopic (exact) mass is 240 g/mol. The van der Waals surface area contributed by atoms with Gasteiger partial charge in [-0.05, 0) is 24.1 Å². The zero-order valence-corrected chi connectivity index (χ0v) is 10.4. The molecule has 0 aliphatic rings. The molecule has 0 saturated carbocycles. The molecule has 0 aliphatic heterocycles. The van der Waals surface area contributed by atoms with Crippen LogP contribution in [0.2, 0.25) is 0 Å². The van der Waals surface area contributed by atoms with Crippen molar-refractivity contribution in [1.29, 1.82) is 0 Å². The summed E-state index contributed by atoms with van der Waals surface area (Å²) in [6.07, 6.45) is 1.27. The van der Waals surface area contributed by atoms with Gasteiger partial charge in [0, 0.05) is 6.42 Å². The van der Waals surface area contributed by atoms with Crippen LogP contribution in [-0.4, -0.2) is 12.9 Å². The van der Waals surface area contributed by atoms with Crippen molar-refractivity contribution in [2.45, 2.75) is 12.8 Å². The molecule has 0 fully saturated rings. The second kappa shape index (κ2) is 6.01. The molecule has 0 spiro atoms. The van der Waals surface area contributed by atoms with Gasteiger partial charge in [0.15, 0.2) is 5.78 Å². The summed E-state index contributed by atoms with van der Waals surface area (Å²) in [6, 6.07) is 17.4. The Bertz CT molecular complexity index is 518. The number of rotatable bonds is 5. The van der Waals surface area contributed by atoms with Crippen molar-refractivity contribution in [2.75, 3.05) is 7.11 Å². The SMILES string of the molecule is COc1ccccc1C(=O)CCc1ccccc1. The van der Waals surface area contributed by atoms with Gasteiger partial charge in [-0.2, -0.15) is 0 Å². The summed E-state index contributed by atoms with van der Waals surface area (Å²) in [5, 5.41) is 0. The van der Waals surface area contributed by atoms with Gasteiger partial charge in [-0.15, -0.1) is 0 Å². The molecule has 0 heterocycles. The number of carbonyl (C=O) groups is 1. The van der Waals surface area contributed by atoms with Crippen LogP contribution in [0.25, 0.3) is 0 Å². The van der Waals surface area contributed by atoms with Gasteiger partial charge in [-0.3, -0.25) is 4.79 Å². The van der Waals surface area contributed by atoms with E-state index in [0.717, 1.165) is 6.42 Å². The second-order valence-electron chi connectivity index (χ2n) is 4.11. The molecule has 18 heavy (non-hydrogen) atoms. The molecule has 0 atom stereocenters. The molecule has 0 N–H and O–H groups in total. The minimum Gasteiger partial charge on any atom is -0.496 e. The number of benzene rings is 2. The summed E-state index contributed by atoms with van der Waals surface area (Å²) in [5.41, 5.74) is 1.84. The average Bonchev–Trinajstić information content (AvgIpc) is 2.45. The molecule has 0 aliphatic carbocycles. The summed E-state index contributed by atoms with van der Waals surface area (Å²) < 4.78 is 5.20. The van der Waals surface area contributed by atoms with E-state index in [9.17, 15) is 4.79 Å². The molecular weight excluding hydrogens is 224 g/mol. The fraction of sp³-hybridized carbons (Fsp3) is 0.188. The highest BCUT2D eigenvalue weighted by Gasteiger charge is 2.11. The van der Waals surface area contributed by atoms with Crippen molar-refractivity contribution >= 4 is 5.78 Å². The third-order valence-electron chi connectivity index (χ3n) is 2.89. The highest BCUT2D eigenvalue weighted by molar-refractivity contribution is 5.98. The van der Waals surface area contributed by atoms with Gasteiger partial charge in [-0.1, -0.05) is 42.5 Å². The zero-order chi connectivity index (χ0) is 12.8. The molecular formula is C16H16O2. The van der Waals surface area contributed by atoms with E-state index in [1.54, 1.807) is 7.11 Å². The maximum Gasteiger partial charge on any atom is 0.166 e. The first kappa shape index (κ1) is 12.4. The van der Waals surface area contributed by atoms with Crippen molar-refractivity contribution in [1.82, 2.24) is 0 Å². The van der Waals surface area contributed by atoms with E-state index in [2.05, 4.69) is 0 Å². The topological polar surface area (TPSA) is 26.3 Å². The zero-order valence-electron chi connectivity index (χ0n) is 10.4. The van der Waals surface area contributed by atoms with Crippen LogP contribution in [0.15, 0.2) is 54.6 Å². The molecule has 0 radical (unpaired) electrons. The molecule has 2 heteroatoms. The number of para-hydroxylation sites is 1. The molecule has 0 unspecified atom stereocenters. The van der Waals surface area contributed by atoms with Gasteiger partial charge >= 0.3 is 0 Å². The Hall–Kier alpha value is -2.09. The van der Waals surface area contributed by atoms with Crippen LogP contribution in [0.1, 0.15) is 22.3 Å². The first-order valence-electron chi connectivity index (χ1n) is 6.01. The van der Waals surface area contributed by atoms with Gasteiger partial charge in [0.2, 0.25) is 0 Å². The number of Topliss-reactive ketones (excluding diaryl/α,β-unsaturated/α-hetero) is 1. The maximum absolute atomic E-state index is 12.1. The minimum atomic E-state index is 0.122. The summed E-state index contributed by atoms with van der Waals surface area (Å²) in [6.45, 7) is 0. The smallest absolute Gasteiger partial charge is 0.166 e. The number of ether oxygens (including phenoxy) is 1. The third kappa shape index (κ3) is 2.98. The first-order valence-corrected chi connectivity index (χ1v) is 6.01. The minimum absolute atomic E-state index is 0.122. The molecule has 0 aromatic heterocycles. The van der Waals surface area contributed by atoms with Crippen LogP contribution >= 0.6 is 0 Å². The molecule has 2 nitrogen and oxygen atoms in total. The van der Waals surface area contributed by atoms with E-state index in [4.69, 9.17) is 4.74 Å². The predicted octanol–water partition coefficient (Wildman–Crippen LogP) is 3.51. The van der Waals surface area contributed by atoms with Crippen LogP contribution in [-0.2, 0) is 6.42 Å². The molecule has 92 valence electrons. The second-order valence-corrected chi connectivity index (χ2v) is 4.11. The van der Waals surface area contributed by atoms with Crippen molar-refractivity contribution in [3.05, 3.63) is 65.7 Å². The lowest BCUT2D eigenvalue weighted by Gasteiger charge is -2.07. The van der Waals surface area contributed by atoms with Gasteiger partial charge in [0.1, 0.15) is 5.75 Å². The van der Waals surface area contributed by atoms with Gasteiger partial charge in [0.05, 0.1) is 12.7 Å². The van der Waals surface area contributed by atoms with E-state index in [-0.39, 0.29) is 5.78 Å². The Morgan fingerprint density at radius 2 is 1.67 bits per heavy atom.